The normalized spacial score (nSPS) is 11.1. The van der Waals surface area contributed by atoms with Crippen LogP contribution in [0.2, 0.25) is 4.34 Å². The van der Waals surface area contributed by atoms with Gasteiger partial charge >= 0.3 is 0 Å². The molecule has 0 saturated carbocycles. The highest BCUT2D eigenvalue weighted by molar-refractivity contribution is 9.10. The summed E-state index contributed by atoms with van der Waals surface area (Å²) in [5, 5.41) is 5.48. The Morgan fingerprint density at radius 2 is 1.77 bits per heavy atom. The molecule has 1 heterocycles. The number of halogens is 2. The maximum Gasteiger partial charge on any atom is 0.262 e. The van der Waals surface area contributed by atoms with Crippen LogP contribution in [0.5, 0.6) is 0 Å². The molecule has 0 radical (unpaired) electrons. The van der Waals surface area contributed by atoms with E-state index in [2.05, 4.69) is 26.6 Å². The van der Waals surface area contributed by atoms with E-state index in [0.717, 1.165) is 4.47 Å². The largest absolute Gasteiger partial charge is 0.337 e. The van der Waals surface area contributed by atoms with Crippen molar-refractivity contribution >= 4 is 56.4 Å². The van der Waals surface area contributed by atoms with Crippen LogP contribution < -0.4 is 10.6 Å². The summed E-state index contributed by atoms with van der Waals surface area (Å²) in [4.78, 5) is 24.9. The number of anilines is 1. The van der Waals surface area contributed by atoms with Gasteiger partial charge in [-0.2, -0.15) is 0 Å². The Morgan fingerprint density at radius 1 is 1.14 bits per heavy atom. The molecular weight excluding hydrogens is 388 g/mol. The number of nitrogens with one attached hydrogen (secondary N) is 2. The van der Waals surface area contributed by atoms with Crippen molar-refractivity contribution < 1.29 is 9.59 Å². The minimum atomic E-state index is -1.05. The van der Waals surface area contributed by atoms with Crippen molar-refractivity contribution in [3.8, 4) is 0 Å². The third-order valence-electron chi connectivity index (χ3n) is 2.89. The van der Waals surface area contributed by atoms with E-state index in [-0.39, 0.29) is 11.8 Å². The molecule has 0 bridgehead atoms. The summed E-state index contributed by atoms with van der Waals surface area (Å²) >= 11 is 10.3. The summed E-state index contributed by atoms with van der Waals surface area (Å²) in [6, 6.07) is 10.5. The van der Waals surface area contributed by atoms with Crippen LogP contribution in [0.4, 0.5) is 5.69 Å². The van der Waals surface area contributed by atoms with Crippen molar-refractivity contribution in [2.24, 2.45) is 0 Å². The van der Waals surface area contributed by atoms with Gasteiger partial charge in [0.05, 0.1) is 9.21 Å². The Hall–Kier alpha value is -1.37. The zero-order chi connectivity index (χ0) is 16.3. The molecule has 0 aliphatic rings. The standard InChI is InChI=1S/C15H14BrClN2O2S/c1-15(2,19-13(20)11-7-8-12(17)22-11)14(21)18-10-5-3-9(16)4-6-10/h3-8H,1-2H3,(H,18,21)(H,19,20). The second-order valence-electron chi connectivity index (χ2n) is 5.14. The van der Waals surface area contributed by atoms with Crippen molar-refractivity contribution in [2.75, 3.05) is 5.32 Å². The van der Waals surface area contributed by atoms with Crippen molar-refractivity contribution in [3.63, 3.8) is 0 Å². The lowest BCUT2D eigenvalue weighted by Gasteiger charge is -2.24. The lowest BCUT2D eigenvalue weighted by Crippen LogP contribution is -2.52. The Labute approximate surface area is 146 Å². The maximum atomic E-state index is 12.3. The molecule has 1 aromatic carbocycles. The van der Waals surface area contributed by atoms with Crippen molar-refractivity contribution in [2.45, 2.75) is 19.4 Å². The number of thiophene rings is 1. The first kappa shape index (κ1) is 17.0. The van der Waals surface area contributed by atoms with E-state index in [1.165, 1.54) is 11.3 Å². The summed E-state index contributed by atoms with van der Waals surface area (Å²) in [6.07, 6.45) is 0. The number of carbonyl (C=O) groups excluding carboxylic acids is 2. The van der Waals surface area contributed by atoms with Crippen LogP contribution in [0.3, 0.4) is 0 Å². The van der Waals surface area contributed by atoms with Gasteiger partial charge in [0.25, 0.3) is 5.91 Å². The van der Waals surface area contributed by atoms with Crippen LogP contribution in [0.15, 0.2) is 40.9 Å². The molecule has 22 heavy (non-hydrogen) atoms. The van der Waals surface area contributed by atoms with Gasteiger partial charge in [-0.25, -0.2) is 0 Å². The van der Waals surface area contributed by atoms with Crippen LogP contribution >= 0.6 is 38.9 Å². The number of benzene rings is 1. The van der Waals surface area contributed by atoms with E-state index in [1.807, 2.05) is 12.1 Å². The van der Waals surface area contributed by atoms with Crippen molar-refractivity contribution in [1.82, 2.24) is 5.32 Å². The molecule has 7 heteroatoms. The minimum absolute atomic E-state index is 0.300. The molecule has 0 aliphatic heterocycles. The van der Waals surface area contributed by atoms with Crippen LogP contribution in [0, 0.1) is 0 Å². The van der Waals surface area contributed by atoms with Gasteiger partial charge < -0.3 is 10.6 Å². The predicted molar refractivity (Wildman–Crippen MR) is 93.6 cm³/mol. The molecule has 0 spiro atoms. The van der Waals surface area contributed by atoms with E-state index < -0.39 is 5.54 Å². The first-order valence-corrected chi connectivity index (χ1v) is 8.41. The maximum absolute atomic E-state index is 12.3. The Bertz CT molecular complexity index is 698. The monoisotopic (exact) mass is 400 g/mol. The molecule has 2 amide bonds. The molecule has 0 unspecified atom stereocenters. The summed E-state index contributed by atoms with van der Waals surface area (Å²) in [5.41, 5.74) is -0.393. The molecule has 4 nitrogen and oxygen atoms in total. The zero-order valence-electron chi connectivity index (χ0n) is 11.9. The SMILES string of the molecule is CC(C)(NC(=O)c1ccc(Cl)s1)C(=O)Nc1ccc(Br)cc1. The predicted octanol–water partition coefficient (Wildman–Crippen LogP) is 4.31. The molecule has 0 fully saturated rings. The third-order valence-corrected chi connectivity index (χ3v) is 4.65. The summed E-state index contributed by atoms with van der Waals surface area (Å²) in [7, 11) is 0. The Kier molecular flexibility index (Phi) is 5.26. The average molecular weight is 402 g/mol. The lowest BCUT2D eigenvalue weighted by molar-refractivity contribution is -0.120. The van der Waals surface area contributed by atoms with Gasteiger partial charge in [0.2, 0.25) is 5.91 Å². The fourth-order valence-electron chi connectivity index (χ4n) is 1.66. The van der Waals surface area contributed by atoms with Gasteiger partial charge in [-0.3, -0.25) is 9.59 Å². The number of carbonyl (C=O) groups is 2. The van der Waals surface area contributed by atoms with E-state index in [0.29, 0.717) is 14.9 Å². The molecule has 0 atom stereocenters. The Balaban J connectivity index is 2.03. The summed E-state index contributed by atoms with van der Waals surface area (Å²) in [6.45, 7) is 3.29. The van der Waals surface area contributed by atoms with Crippen molar-refractivity contribution in [3.05, 3.63) is 50.1 Å². The molecule has 116 valence electrons. The smallest absolute Gasteiger partial charge is 0.262 e. The van der Waals surface area contributed by atoms with Gasteiger partial charge in [0.1, 0.15) is 5.54 Å². The van der Waals surface area contributed by atoms with Crippen LogP contribution in [-0.4, -0.2) is 17.4 Å². The molecule has 1 aromatic heterocycles. The molecular formula is C15H14BrClN2O2S. The highest BCUT2D eigenvalue weighted by Crippen LogP contribution is 2.22. The third kappa shape index (κ3) is 4.32. The first-order valence-electron chi connectivity index (χ1n) is 6.43. The van der Waals surface area contributed by atoms with Gasteiger partial charge in [-0.1, -0.05) is 27.5 Å². The number of amides is 2. The molecule has 2 N–H and O–H groups in total. The van der Waals surface area contributed by atoms with Gasteiger partial charge in [-0.05, 0) is 50.2 Å². The van der Waals surface area contributed by atoms with E-state index >= 15 is 0 Å². The molecule has 0 saturated heterocycles. The number of hydrogen-bond acceptors (Lipinski definition) is 3. The first-order chi connectivity index (χ1) is 10.3. The quantitative estimate of drug-likeness (QED) is 0.802. The Morgan fingerprint density at radius 3 is 2.32 bits per heavy atom. The molecule has 0 aliphatic carbocycles. The van der Waals surface area contributed by atoms with Crippen molar-refractivity contribution in [1.29, 1.82) is 0 Å². The average Bonchev–Trinajstić information content (AvgIpc) is 2.87. The molecule has 2 rings (SSSR count). The highest BCUT2D eigenvalue weighted by atomic mass is 79.9. The second kappa shape index (κ2) is 6.81. The van der Waals surface area contributed by atoms with Crippen LogP contribution in [0.25, 0.3) is 0 Å². The summed E-state index contributed by atoms with van der Waals surface area (Å²) in [5.74, 6) is -0.626. The molecule has 2 aromatic rings. The summed E-state index contributed by atoms with van der Waals surface area (Å²) < 4.78 is 1.45. The van der Waals surface area contributed by atoms with Crippen LogP contribution in [0.1, 0.15) is 23.5 Å². The van der Waals surface area contributed by atoms with E-state index in [1.54, 1.807) is 38.1 Å². The van der Waals surface area contributed by atoms with E-state index in [4.69, 9.17) is 11.6 Å². The minimum Gasteiger partial charge on any atom is -0.337 e. The van der Waals surface area contributed by atoms with Crippen LogP contribution in [-0.2, 0) is 4.79 Å². The zero-order valence-corrected chi connectivity index (χ0v) is 15.1. The van der Waals surface area contributed by atoms with Gasteiger partial charge in [0, 0.05) is 10.2 Å². The second-order valence-corrected chi connectivity index (χ2v) is 7.77. The highest BCUT2D eigenvalue weighted by Gasteiger charge is 2.30. The lowest BCUT2D eigenvalue weighted by atomic mass is 10.0. The van der Waals surface area contributed by atoms with Gasteiger partial charge in [0.15, 0.2) is 0 Å². The fraction of sp³-hybridized carbons (Fsp3) is 0.200. The topological polar surface area (TPSA) is 58.2 Å². The van der Waals surface area contributed by atoms with E-state index in [9.17, 15) is 9.59 Å². The fourth-order valence-corrected chi connectivity index (χ4v) is 2.86. The van der Waals surface area contributed by atoms with Gasteiger partial charge in [-0.15, -0.1) is 11.3 Å². The number of hydrogen-bond donors (Lipinski definition) is 2. The number of rotatable bonds is 4.